The molecule has 1 N–H and O–H groups in total. The van der Waals surface area contributed by atoms with Crippen molar-refractivity contribution in [1.29, 1.82) is 0 Å². The summed E-state index contributed by atoms with van der Waals surface area (Å²) in [5.74, 6) is -0.346. The number of nitrogens with zero attached hydrogens (tertiary/aromatic N) is 1. The van der Waals surface area contributed by atoms with Crippen LogP contribution in [-0.4, -0.2) is 42.4 Å². The van der Waals surface area contributed by atoms with Gasteiger partial charge in [0.2, 0.25) is 0 Å². The number of hydrogen-bond donors (Lipinski definition) is 1. The number of rotatable bonds is 4. The van der Waals surface area contributed by atoms with Crippen molar-refractivity contribution in [2.75, 3.05) is 26.7 Å². The largest absolute Gasteiger partial charge is 0.387 e. The van der Waals surface area contributed by atoms with Crippen LogP contribution in [0.3, 0.4) is 0 Å². The highest BCUT2D eigenvalue weighted by Gasteiger charge is 2.31. The van der Waals surface area contributed by atoms with E-state index >= 15 is 0 Å². The molecule has 2 unspecified atom stereocenters. The molecule has 1 heterocycles. The predicted molar refractivity (Wildman–Crippen MR) is 72.4 cm³/mol. The second-order valence-corrected chi connectivity index (χ2v) is 5.53. The standard InChI is InChI=1S/C15H22FNO2/c1-15(19-2)8-5-9-17(11-15)10-14(18)12-6-3-4-7-13(12)16/h3-4,6-7,14,18H,5,8-11H2,1-2H3. The SMILES string of the molecule is COC1(C)CCCN(CC(O)c2ccccc2F)C1. The maximum atomic E-state index is 13.6. The highest BCUT2D eigenvalue weighted by Crippen LogP contribution is 2.26. The van der Waals surface area contributed by atoms with Crippen LogP contribution in [0.2, 0.25) is 0 Å². The van der Waals surface area contributed by atoms with Crippen LogP contribution in [0.4, 0.5) is 4.39 Å². The molecule has 0 spiro atoms. The van der Waals surface area contributed by atoms with Crippen molar-refractivity contribution < 1.29 is 14.2 Å². The van der Waals surface area contributed by atoms with E-state index in [1.807, 2.05) is 0 Å². The minimum atomic E-state index is -0.791. The molecule has 1 aromatic rings. The van der Waals surface area contributed by atoms with Gasteiger partial charge in [-0.3, -0.25) is 4.90 Å². The predicted octanol–water partition coefficient (Wildman–Crippen LogP) is 2.36. The lowest BCUT2D eigenvalue weighted by molar-refractivity contribution is -0.0588. The number of methoxy groups -OCH3 is 1. The summed E-state index contributed by atoms with van der Waals surface area (Å²) in [6.45, 7) is 4.22. The lowest BCUT2D eigenvalue weighted by atomic mass is 9.94. The third kappa shape index (κ3) is 3.53. The highest BCUT2D eigenvalue weighted by atomic mass is 19.1. The molecule has 1 fully saturated rings. The molecule has 4 heteroatoms. The van der Waals surface area contributed by atoms with Gasteiger partial charge in [0.25, 0.3) is 0 Å². The number of aliphatic hydroxyl groups excluding tert-OH is 1. The third-order valence-corrected chi connectivity index (χ3v) is 3.93. The van der Waals surface area contributed by atoms with Crippen molar-refractivity contribution in [3.8, 4) is 0 Å². The molecular formula is C15H22FNO2. The van der Waals surface area contributed by atoms with Gasteiger partial charge in [-0.15, -0.1) is 0 Å². The molecule has 1 aromatic carbocycles. The third-order valence-electron chi connectivity index (χ3n) is 3.93. The Hall–Kier alpha value is -0.970. The van der Waals surface area contributed by atoms with Gasteiger partial charge in [-0.05, 0) is 32.4 Å². The monoisotopic (exact) mass is 267 g/mol. The van der Waals surface area contributed by atoms with Gasteiger partial charge in [0, 0.05) is 25.8 Å². The summed E-state index contributed by atoms with van der Waals surface area (Å²) in [5.41, 5.74) is 0.208. The number of halogens is 1. The maximum Gasteiger partial charge on any atom is 0.129 e. The first-order valence-electron chi connectivity index (χ1n) is 6.74. The fourth-order valence-electron chi connectivity index (χ4n) is 2.72. The Morgan fingerprint density at radius 3 is 2.89 bits per heavy atom. The maximum absolute atomic E-state index is 13.6. The number of ether oxygens (including phenoxy) is 1. The zero-order valence-corrected chi connectivity index (χ0v) is 11.6. The summed E-state index contributed by atoms with van der Waals surface area (Å²) in [6, 6.07) is 6.40. The molecule has 1 saturated heterocycles. The van der Waals surface area contributed by atoms with E-state index in [1.165, 1.54) is 6.07 Å². The molecular weight excluding hydrogens is 245 g/mol. The van der Waals surface area contributed by atoms with Crippen LogP contribution in [0.5, 0.6) is 0 Å². The second-order valence-electron chi connectivity index (χ2n) is 5.53. The number of aliphatic hydroxyl groups is 1. The van der Waals surface area contributed by atoms with Gasteiger partial charge in [-0.25, -0.2) is 4.39 Å². The minimum absolute atomic E-state index is 0.160. The van der Waals surface area contributed by atoms with Crippen molar-refractivity contribution in [1.82, 2.24) is 4.90 Å². The molecule has 0 amide bonds. The van der Waals surface area contributed by atoms with Crippen molar-refractivity contribution >= 4 is 0 Å². The molecule has 2 rings (SSSR count). The summed E-state index contributed by atoms with van der Waals surface area (Å²) in [5, 5.41) is 10.2. The molecule has 1 aliphatic rings. The van der Waals surface area contributed by atoms with E-state index < -0.39 is 6.10 Å². The smallest absolute Gasteiger partial charge is 0.129 e. The number of benzene rings is 1. The van der Waals surface area contributed by atoms with Crippen LogP contribution in [0.25, 0.3) is 0 Å². The molecule has 106 valence electrons. The number of likely N-dealkylation sites (tertiary alicyclic amines) is 1. The Morgan fingerprint density at radius 2 is 2.21 bits per heavy atom. The van der Waals surface area contributed by atoms with Crippen molar-refractivity contribution in [2.24, 2.45) is 0 Å². The van der Waals surface area contributed by atoms with E-state index in [4.69, 9.17) is 4.74 Å². The zero-order chi connectivity index (χ0) is 13.9. The molecule has 0 radical (unpaired) electrons. The Kier molecular flexibility index (Phi) is 4.55. The van der Waals surface area contributed by atoms with Gasteiger partial charge >= 0.3 is 0 Å². The van der Waals surface area contributed by atoms with E-state index in [1.54, 1.807) is 25.3 Å². The lowest BCUT2D eigenvalue weighted by Crippen LogP contribution is -2.48. The van der Waals surface area contributed by atoms with Crippen molar-refractivity contribution in [3.63, 3.8) is 0 Å². The molecule has 1 aliphatic heterocycles. The van der Waals surface area contributed by atoms with E-state index in [0.717, 1.165) is 25.9 Å². The van der Waals surface area contributed by atoms with E-state index in [-0.39, 0.29) is 11.4 Å². The van der Waals surface area contributed by atoms with E-state index in [9.17, 15) is 9.50 Å². The Balaban J connectivity index is 1.99. The Labute approximate surface area is 114 Å². The van der Waals surface area contributed by atoms with E-state index in [2.05, 4.69) is 11.8 Å². The van der Waals surface area contributed by atoms with Gasteiger partial charge in [0.05, 0.1) is 11.7 Å². The number of β-amino-alcohol motifs (C(OH)–C–C–N with tert-alkyl or cyclic N) is 1. The number of piperidine rings is 1. The molecule has 3 nitrogen and oxygen atoms in total. The molecule has 2 atom stereocenters. The second kappa shape index (κ2) is 5.99. The van der Waals surface area contributed by atoms with Crippen LogP contribution in [0, 0.1) is 5.82 Å². The molecule has 0 aromatic heterocycles. The molecule has 0 aliphatic carbocycles. The van der Waals surface area contributed by atoms with Gasteiger partial charge in [-0.1, -0.05) is 18.2 Å². The first kappa shape index (κ1) is 14.4. The van der Waals surface area contributed by atoms with Gasteiger partial charge < -0.3 is 9.84 Å². The summed E-state index contributed by atoms with van der Waals surface area (Å²) in [4.78, 5) is 2.14. The summed E-state index contributed by atoms with van der Waals surface area (Å²) in [6.07, 6.45) is 1.27. The molecule has 19 heavy (non-hydrogen) atoms. The summed E-state index contributed by atoms with van der Waals surface area (Å²) in [7, 11) is 1.72. The first-order chi connectivity index (χ1) is 9.04. The fraction of sp³-hybridized carbons (Fsp3) is 0.600. The first-order valence-corrected chi connectivity index (χ1v) is 6.74. The van der Waals surface area contributed by atoms with Crippen molar-refractivity contribution in [2.45, 2.75) is 31.5 Å². The van der Waals surface area contributed by atoms with Crippen LogP contribution < -0.4 is 0 Å². The molecule has 0 saturated carbocycles. The number of hydrogen-bond acceptors (Lipinski definition) is 3. The fourth-order valence-corrected chi connectivity index (χ4v) is 2.72. The van der Waals surface area contributed by atoms with E-state index in [0.29, 0.717) is 12.1 Å². The quantitative estimate of drug-likeness (QED) is 0.909. The summed E-state index contributed by atoms with van der Waals surface area (Å²) < 4.78 is 19.1. The highest BCUT2D eigenvalue weighted by molar-refractivity contribution is 5.20. The average Bonchev–Trinajstić information content (AvgIpc) is 2.39. The lowest BCUT2D eigenvalue weighted by Gasteiger charge is -2.40. The van der Waals surface area contributed by atoms with Crippen LogP contribution in [-0.2, 0) is 4.74 Å². The van der Waals surface area contributed by atoms with Crippen LogP contribution >= 0.6 is 0 Å². The summed E-state index contributed by atoms with van der Waals surface area (Å²) >= 11 is 0. The normalized spacial score (nSPS) is 26.3. The van der Waals surface area contributed by atoms with Crippen LogP contribution in [0.15, 0.2) is 24.3 Å². The minimum Gasteiger partial charge on any atom is -0.387 e. The van der Waals surface area contributed by atoms with Crippen molar-refractivity contribution in [3.05, 3.63) is 35.6 Å². The Morgan fingerprint density at radius 1 is 1.47 bits per heavy atom. The average molecular weight is 267 g/mol. The van der Waals surface area contributed by atoms with Gasteiger partial charge in [0.15, 0.2) is 0 Å². The van der Waals surface area contributed by atoms with Crippen LogP contribution in [0.1, 0.15) is 31.4 Å². The Bertz CT molecular complexity index is 426. The van der Waals surface area contributed by atoms with Gasteiger partial charge in [0.1, 0.15) is 5.82 Å². The molecule has 0 bridgehead atoms. The topological polar surface area (TPSA) is 32.7 Å². The van der Waals surface area contributed by atoms with Gasteiger partial charge in [-0.2, -0.15) is 0 Å². The zero-order valence-electron chi connectivity index (χ0n) is 11.6.